The maximum Gasteiger partial charge on any atom is 0.289 e. The number of furan rings is 1. The molecule has 0 spiro atoms. The summed E-state index contributed by atoms with van der Waals surface area (Å²) < 4.78 is 5.17. The van der Waals surface area contributed by atoms with Crippen LogP contribution in [-0.4, -0.2) is 59.8 Å². The van der Waals surface area contributed by atoms with Gasteiger partial charge >= 0.3 is 0 Å². The monoisotopic (exact) mass is 499 g/mol. The van der Waals surface area contributed by atoms with Crippen molar-refractivity contribution in [1.82, 2.24) is 15.1 Å². The molecule has 1 N–H and O–H groups in total. The fourth-order valence-corrected chi connectivity index (χ4v) is 2.97. The summed E-state index contributed by atoms with van der Waals surface area (Å²) in [5.41, 5.74) is 0.867. The lowest BCUT2D eigenvalue weighted by molar-refractivity contribution is -0.384. The van der Waals surface area contributed by atoms with Gasteiger partial charge in [0, 0.05) is 51.9 Å². The third-order valence-electron chi connectivity index (χ3n) is 4.38. The number of benzene rings is 1. The number of carbonyl (C=O) groups excluding carboxylic acids is 1. The van der Waals surface area contributed by atoms with Crippen LogP contribution in [-0.2, 0) is 6.54 Å². The second-order valence-electron chi connectivity index (χ2n) is 6.08. The molecule has 1 aliphatic heterocycles. The van der Waals surface area contributed by atoms with Crippen molar-refractivity contribution in [2.75, 3.05) is 33.2 Å². The van der Waals surface area contributed by atoms with Crippen LogP contribution in [0.25, 0.3) is 0 Å². The van der Waals surface area contributed by atoms with Crippen molar-refractivity contribution in [1.29, 1.82) is 0 Å². The van der Waals surface area contributed by atoms with Gasteiger partial charge in [-0.15, -0.1) is 24.0 Å². The van der Waals surface area contributed by atoms with E-state index in [-0.39, 0.29) is 35.6 Å². The Bertz CT molecular complexity index is 832. The molecule has 0 radical (unpaired) electrons. The Labute approximate surface area is 179 Å². The van der Waals surface area contributed by atoms with Crippen molar-refractivity contribution in [2.24, 2.45) is 4.99 Å². The number of nitrogens with zero attached hydrogens (tertiary/aromatic N) is 4. The van der Waals surface area contributed by atoms with E-state index < -0.39 is 4.92 Å². The number of nitro groups is 1. The molecular weight excluding hydrogens is 477 g/mol. The molecule has 1 aromatic heterocycles. The first-order valence-corrected chi connectivity index (χ1v) is 8.60. The fourth-order valence-electron chi connectivity index (χ4n) is 2.97. The first-order chi connectivity index (χ1) is 13.1. The van der Waals surface area contributed by atoms with Crippen LogP contribution in [0.3, 0.4) is 0 Å². The van der Waals surface area contributed by atoms with Crippen LogP contribution in [0.5, 0.6) is 0 Å². The Kier molecular flexibility index (Phi) is 7.79. The van der Waals surface area contributed by atoms with Crippen LogP contribution in [0.1, 0.15) is 16.1 Å². The van der Waals surface area contributed by atoms with Crippen LogP contribution in [0.15, 0.2) is 52.1 Å². The third kappa shape index (κ3) is 5.21. The SMILES string of the molecule is CN=C(NCc1cccc([N+](=O)[O-])c1)N1CCN(C(=O)c2ccco2)CC1.I. The topological polar surface area (TPSA) is 104 Å². The second kappa shape index (κ2) is 10.1. The molecule has 10 heteroatoms. The summed E-state index contributed by atoms with van der Waals surface area (Å²) in [6, 6.07) is 9.86. The average Bonchev–Trinajstić information content (AvgIpc) is 3.23. The van der Waals surface area contributed by atoms with E-state index in [0.717, 1.165) is 5.56 Å². The molecule has 1 aliphatic rings. The quantitative estimate of drug-likeness (QED) is 0.228. The molecule has 28 heavy (non-hydrogen) atoms. The highest BCUT2D eigenvalue weighted by Crippen LogP contribution is 2.13. The zero-order valence-corrected chi connectivity index (χ0v) is 17.7. The summed E-state index contributed by atoms with van der Waals surface area (Å²) in [6.07, 6.45) is 1.49. The maximum atomic E-state index is 12.3. The minimum absolute atomic E-state index is 0. The molecule has 1 aromatic carbocycles. The van der Waals surface area contributed by atoms with E-state index >= 15 is 0 Å². The molecule has 3 rings (SSSR count). The molecule has 2 aromatic rings. The molecule has 0 atom stereocenters. The van der Waals surface area contributed by atoms with Crippen LogP contribution in [0.4, 0.5) is 5.69 Å². The minimum Gasteiger partial charge on any atom is -0.459 e. The van der Waals surface area contributed by atoms with Crippen LogP contribution >= 0.6 is 24.0 Å². The lowest BCUT2D eigenvalue weighted by Gasteiger charge is -2.36. The lowest BCUT2D eigenvalue weighted by Crippen LogP contribution is -2.53. The standard InChI is InChI=1S/C18H21N5O4.HI/c1-19-18(20-13-14-4-2-5-15(12-14)23(25)26)22-9-7-21(8-10-22)17(24)16-6-3-11-27-16;/h2-6,11-12H,7-10,13H2,1H3,(H,19,20);1H. The Hall–Kier alpha value is -2.63. The number of hydrogen-bond donors (Lipinski definition) is 1. The number of amides is 1. The number of non-ortho nitro benzene ring substituents is 1. The van der Waals surface area contributed by atoms with Crippen LogP contribution in [0, 0.1) is 10.1 Å². The van der Waals surface area contributed by atoms with Gasteiger partial charge in [0.25, 0.3) is 11.6 Å². The number of nitrogens with one attached hydrogen (secondary N) is 1. The predicted molar refractivity (Wildman–Crippen MR) is 115 cm³/mol. The lowest BCUT2D eigenvalue weighted by atomic mass is 10.2. The van der Waals surface area contributed by atoms with Gasteiger partial charge in [0.1, 0.15) is 0 Å². The molecule has 1 amide bonds. The second-order valence-corrected chi connectivity index (χ2v) is 6.08. The highest BCUT2D eigenvalue weighted by molar-refractivity contribution is 14.0. The van der Waals surface area contributed by atoms with Crippen LogP contribution in [0.2, 0.25) is 0 Å². The van der Waals surface area contributed by atoms with Gasteiger partial charge in [0.15, 0.2) is 11.7 Å². The summed E-state index contributed by atoms with van der Waals surface area (Å²) in [5.74, 6) is 0.933. The molecule has 0 aliphatic carbocycles. The zero-order chi connectivity index (χ0) is 19.2. The number of nitro benzene ring substituents is 1. The summed E-state index contributed by atoms with van der Waals surface area (Å²) in [4.78, 5) is 30.9. The Morgan fingerprint density at radius 3 is 2.54 bits per heavy atom. The largest absolute Gasteiger partial charge is 0.459 e. The van der Waals surface area contributed by atoms with Gasteiger partial charge in [-0.1, -0.05) is 12.1 Å². The number of hydrogen-bond acceptors (Lipinski definition) is 5. The zero-order valence-electron chi connectivity index (χ0n) is 15.4. The predicted octanol–water partition coefficient (Wildman–Crippen LogP) is 2.34. The first-order valence-electron chi connectivity index (χ1n) is 8.60. The first kappa shape index (κ1) is 21.7. The summed E-state index contributed by atoms with van der Waals surface area (Å²) in [6.45, 7) is 2.84. The number of carbonyl (C=O) groups is 1. The normalized spacial score (nSPS) is 14.4. The van der Waals surface area contributed by atoms with Gasteiger partial charge in [0.05, 0.1) is 11.2 Å². The molecule has 0 unspecified atom stereocenters. The summed E-state index contributed by atoms with van der Waals surface area (Å²) >= 11 is 0. The highest BCUT2D eigenvalue weighted by atomic mass is 127. The summed E-state index contributed by atoms with van der Waals surface area (Å²) in [7, 11) is 1.69. The number of rotatable bonds is 4. The van der Waals surface area contributed by atoms with Gasteiger partial charge in [-0.3, -0.25) is 19.9 Å². The Balaban J connectivity index is 0.00000280. The van der Waals surface area contributed by atoms with E-state index in [4.69, 9.17) is 4.42 Å². The van der Waals surface area contributed by atoms with Crippen molar-refractivity contribution in [2.45, 2.75) is 6.54 Å². The van der Waals surface area contributed by atoms with Crippen LogP contribution < -0.4 is 5.32 Å². The summed E-state index contributed by atoms with van der Waals surface area (Å²) in [5, 5.41) is 14.1. The number of aliphatic imine (C=N–C) groups is 1. The molecular formula is C18H22IN5O4. The smallest absolute Gasteiger partial charge is 0.289 e. The molecule has 150 valence electrons. The Morgan fingerprint density at radius 2 is 1.93 bits per heavy atom. The van der Waals surface area contributed by atoms with E-state index in [1.165, 1.54) is 12.3 Å². The van der Waals surface area contributed by atoms with Gasteiger partial charge < -0.3 is 19.5 Å². The van der Waals surface area contributed by atoms with Crippen molar-refractivity contribution in [3.05, 3.63) is 64.1 Å². The van der Waals surface area contributed by atoms with Crippen molar-refractivity contribution in [3.63, 3.8) is 0 Å². The minimum atomic E-state index is -0.409. The van der Waals surface area contributed by atoms with Crippen molar-refractivity contribution >= 4 is 41.5 Å². The third-order valence-corrected chi connectivity index (χ3v) is 4.38. The van der Waals surface area contributed by atoms with Gasteiger partial charge in [-0.05, 0) is 17.7 Å². The van der Waals surface area contributed by atoms with Crippen molar-refractivity contribution < 1.29 is 14.1 Å². The Morgan fingerprint density at radius 1 is 1.21 bits per heavy atom. The number of guanidine groups is 1. The number of halogens is 1. The molecule has 2 heterocycles. The fraction of sp³-hybridized carbons (Fsp3) is 0.333. The number of piperazine rings is 1. The van der Waals surface area contributed by atoms with E-state index in [9.17, 15) is 14.9 Å². The van der Waals surface area contributed by atoms with E-state index in [1.54, 1.807) is 36.2 Å². The molecule has 1 saturated heterocycles. The maximum absolute atomic E-state index is 12.3. The van der Waals surface area contributed by atoms with Crippen molar-refractivity contribution in [3.8, 4) is 0 Å². The molecule has 0 saturated carbocycles. The van der Waals surface area contributed by atoms with Gasteiger partial charge in [0.2, 0.25) is 0 Å². The average molecular weight is 499 g/mol. The van der Waals surface area contributed by atoms with E-state index in [2.05, 4.69) is 15.2 Å². The van der Waals surface area contributed by atoms with E-state index in [1.807, 2.05) is 6.07 Å². The molecule has 9 nitrogen and oxygen atoms in total. The van der Waals surface area contributed by atoms with E-state index in [0.29, 0.717) is 44.4 Å². The molecule has 0 bridgehead atoms. The molecule has 1 fully saturated rings. The van der Waals surface area contributed by atoms with Gasteiger partial charge in [-0.2, -0.15) is 0 Å². The highest BCUT2D eigenvalue weighted by Gasteiger charge is 2.25. The van der Waals surface area contributed by atoms with Gasteiger partial charge in [-0.25, -0.2) is 0 Å².